The molecule has 0 atom stereocenters. The summed E-state index contributed by atoms with van der Waals surface area (Å²) < 4.78 is 7.73. The number of nitrogens with one attached hydrogen (secondary N) is 1. The fraction of sp³-hybridized carbons (Fsp3) is 0.500. The molecule has 0 saturated carbocycles. The van der Waals surface area contributed by atoms with Crippen LogP contribution in [0.2, 0.25) is 0 Å². The van der Waals surface area contributed by atoms with Gasteiger partial charge in [0.1, 0.15) is 5.75 Å². The van der Waals surface area contributed by atoms with E-state index in [1.165, 1.54) is 5.56 Å². The monoisotopic (exact) mass is 381 g/mol. The largest absolute Gasteiger partial charge is 0.492 e. The molecule has 1 N–H and O–H groups in total. The number of hydrogen-bond acceptors (Lipinski definition) is 3. The summed E-state index contributed by atoms with van der Waals surface area (Å²) in [6.07, 6.45) is 2.11. The molecule has 0 aliphatic carbocycles. The van der Waals surface area contributed by atoms with E-state index in [4.69, 9.17) is 4.74 Å². The summed E-state index contributed by atoms with van der Waals surface area (Å²) in [4.78, 5) is 0. The van der Waals surface area contributed by atoms with Gasteiger partial charge in [-0.25, -0.2) is 0 Å². The van der Waals surface area contributed by atoms with Crippen molar-refractivity contribution >= 4 is 43.6 Å². The first-order chi connectivity index (χ1) is 8.19. The zero-order chi connectivity index (χ0) is 12.7. The molecule has 2 nitrogen and oxygen atoms in total. The van der Waals surface area contributed by atoms with Crippen LogP contribution in [0.25, 0.3) is 0 Å². The third kappa shape index (κ3) is 5.20. The van der Waals surface area contributed by atoms with Crippen molar-refractivity contribution in [2.75, 3.05) is 25.2 Å². The van der Waals surface area contributed by atoms with Crippen molar-refractivity contribution < 1.29 is 4.74 Å². The molecule has 0 saturated heterocycles. The van der Waals surface area contributed by atoms with Gasteiger partial charge in [-0.3, -0.25) is 0 Å². The van der Waals surface area contributed by atoms with E-state index in [0.717, 1.165) is 33.5 Å². The minimum atomic E-state index is 0.679. The van der Waals surface area contributed by atoms with E-state index in [2.05, 4.69) is 49.5 Å². The maximum atomic E-state index is 5.67. The number of ether oxygens (including phenoxy) is 1. The van der Waals surface area contributed by atoms with Gasteiger partial charge in [-0.05, 0) is 41.2 Å². The second kappa shape index (κ2) is 8.40. The average molecular weight is 383 g/mol. The lowest BCUT2D eigenvalue weighted by molar-refractivity contribution is 0.333. The molecule has 1 aromatic carbocycles. The van der Waals surface area contributed by atoms with Gasteiger partial charge in [0.05, 0.1) is 11.1 Å². The number of halogens is 2. The Morgan fingerprint density at radius 2 is 2.12 bits per heavy atom. The van der Waals surface area contributed by atoms with E-state index in [9.17, 15) is 0 Å². The van der Waals surface area contributed by atoms with Crippen molar-refractivity contribution in [1.29, 1.82) is 0 Å². The topological polar surface area (TPSA) is 21.3 Å². The number of rotatable bonds is 7. The van der Waals surface area contributed by atoms with E-state index < -0.39 is 0 Å². The van der Waals surface area contributed by atoms with Gasteiger partial charge in [0.15, 0.2) is 0 Å². The van der Waals surface area contributed by atoms with Crippen LogP contribution in [0, 0.1) is 0 Å². The van der Waals surface area contributed by atoms with Crippen LogP contribution in [0.1, 0.15) is 12.5 Å². The molecule has 0 bridgehead atoms. The van der Waals surface area contributed by atoms with Crippen LogP contribution in [-0.2, 0) is 6.54 Å². The lowest BCUT2D eigenvalue weighted by Crippen LogP contribution is -2.17. The van der Waals surface area contributed by atoms with Gasteiger partial charge in [-0.2, -0.15) is 11.8 Å². The van der Waals surface area contributed by atoms with E-state index in [1.807, 2.05) is 24.8 Å². The van der Waals surface area contributed by atoms with Crippen LogP contribution < -0.4 is 10.1 Å². The van der Waals surface area contributed by atoms with Crippen LogP contribution in [0.5, 0.6) is 5.75 Å². The van der Waals surface area contributed by atoms with E-state index in [1.54, 1.807) is 0 Å². The molecule has 0 aliphatic heterocycles. The number of thioether (sulfide) groups is 1. The second-order valence-corrected chi connectivity index (χ2v) is 6.23. The highest BCUT2D eigenvalue weighted by molar-refractivity contribution is 9.11. The van der Waals surface area contributed by atoms with Gasteiger partial charge in [-0.15, -0.1) is 0 Å². The first kappa shape index (κ1) is 15.3. The highest BCUT2D eigenvalue weighted by Crippen LogP contribution is 2.32. The predicted octanol–water partition coefficient (Wildman–Crippen LogP) is 4.06. The Morgan fingerprint density at radius 1 is 1.35 bits per heavy atom. The second-order valence-electron chi connectivity index (χ2n) is 3.48. The maximum Gasteiger partial charge on any atom is 0.138 e. The van der Waals surface area contributed by atoms with Gasteiger partial charge in [0.25, 0.3) is 0 Å². The molecule has 1 aromatic rings. The van der Waals surface area contributed by atoms with E-state index in [0.29, 0.717) is 6.61 Å². The minimum Gasteiger partial charge on any atom is -0.492 e. The molecule has 0 unspecified atom stereocenters. The van der Waals surface area contributed by atoms with Crippen molar-refractivity contribution in [3.63, 3.8) is 0 Å². The first-order valence-corrected chi connectivity index (χ1v) is 8.47. The lowest BCUT2D eigenvalue weighted by atomic mass is 10.2. The molecule has 96 valence electrons. The van der Waals surface area contributed by atoms with Crippen LogP contribution in [0.3, 0.4) is 0 Å². The van der Waals surface area contributed by atoms with Gasteiger partial charge >= 0.3 is 0 Å². The van der Waals surface area contributed by atoms with Gasteiger partial charge in [0.2, 0.25) is 0 Å². The molecule has 0 amide bonds. The Kier molecular flexibility index (Phi) is 7.59. The van der Waals surface area contributed by atoms with E-state index in [-0.39, 0.29) is 0 Å². The predicted molar refractivity (Wildman–Crippen MR) is 83.1 cm³/mol. The molecule has 0 aliphatic rings. The molecule has 5 heteroatoms. The summed E-state index contributed by atoms with van der Waals surface area (Å²) in [6, 6.07) is 4.11. The van der Waals surface area contributed by atoms with Crippen molar-refractivity contribution in [2.45, 2.75) is 13.5 Å². The molecular weight excluding hydrogens is 366 g/mol. The normalized spacial score (nSPS) is 10.6. The third-order valence-electron chi connectivity index (χ3n) is 2.17. The van der Waals surface area contributed by atoms with Crippen molar-refractivity contribution in [2.24, 2.45) is 0 Å². The highest BCUT2D eigenvalue weighted by atomic mass is 79.9. The van der Waals surface area contributed by atoms with Gasteiger partial charge < -0.3 is 10.1 Å². The number of benzene rings is 1. The quantitative estimate of drug-likeness (QED) is 0.718. The average Bonchev–Trinajstić information content (AvgIpc) is 2.29. The van der Waals surface area contributed by atoms with Crippen molar-refractivity contribution in [3.8, 4) is 5.75 Å². The Hall–Kier alpha value is 0.290. The first-order valence-electron chi connectivity index (χ1n) is 5.49. The molecule has 0 spiro atoms. The molecule has 0 radical (unpaired) electrons. The molecular formula is C12H17Br2NOS. The SMILES string of the molecule is CCOc1c(Br)cc(Br)cc1CNCCSC. The zero-order valence-corrected chi connectivity index (χ0v) is 14.0. The Labute approximate surface area is 124 Å². The summed E-state index contributed by atoms with van der Waals surface area (Å²) in [7, 11) is 0. The minimum absolute atomic E-state index is 0.679. The Bertz CT molecular complexity index is 361. The third-order valence-corrected chi connectivity index (χ3v) is 3.83. The van der Waals surface area contributed by atoms with Crippen molar-refractivity contribution in [1.82, 2.24) is 5.32 Å². The highest BCUT2D eigenvalue weighted by Gasteiger charge is 2.09. The summed E-state index contributed by atoms with van der Waals surface area (Å²) in [5, 5.41) is 3.41. The summed E-state index contributed by atoms with van der Waals surface area (Å²) >= 11 is 8.88. The molecule has 0 fully saturated rings. The standard InChI is InChI=1S/C12H17Br2NOS/c1-3-16-12-9(8-15-4-5-17-2)6-10(13)7-11(12)14/h6-7,15H,3-5,8H2,1-2H3. The summed E-state index contributed by atoms with van der Waals surface area (Å²) in [6.45, 7) is 4.52. The fourth-order valence-electron chi connectivity index (χ4n) is 1.45. The summed E-state index contributed by atoms with van der Waals surface area (Å²) in [5.41, 5.74) is 1.18. The van der Waals surface area contributed by atoms with Gasteiger partial charge in [0, 0.05) is 28.9 Å². The Balaban J connectivity index is 2.73. The van der Waals surface area contributed by atoms with Crippen LogP contribution >= 0.6 is 43.6 Å². The zero-order valence-electron chi connectivity index (χ0n) is 10.1. The maximum absolute atomic E-state index is 5.67. The molecule has 17 heavy (non-hydrogen) atoms. The summed E-state index contributed by atoms with van der Waals surface area (Å²) in [5.74, 6) is 2.06. The van der Waals surface area contributed by atoms with Crippen molar-refractivity contribution in [3.05, 3.63) is 26.6 Å². The van der Waals surface area contributed by atoms with Crippen LogP contribution in [0.15, 0.2) is 21.1 Å². The lowest BCUT2D eigenvalue weighted by Gasteiger charge is -2.13. The van der Waals surface area contributed by atoms with Gasteiger partial charge in [-0.1, -0.05) is 15.9 Å². The van der Waals surface area contributed by atoms with Crippen LogP contribution in [-0.4, -0.2) is 25.2 Å². The molecule has 1 rings (SSSR count). The van der Waals surface area contributed by atoms with E-state index >= 15 is 0 Å². The smallest absolute Gasteiger partial charge is 0.138 e. The molecule has 0 aromatic heterocycles. The fourth-order valence-corrected chi connectivity index (χ4v) is 3.22. The molecule has 0 heterocycles. The van der Waals surface area contributed by atoms with Crippen LogP contribution in [0.4, 0.5) is 0 Å². The Morgan fingerprint density at radius 3 is 2.76 bits per heavy atom. The number of hydrogen-bond donors (Lipinski definition) is 1.